The number of carbonyl (C=O) groups is 1. The minimum absolute atomic E-state index is 0.0201. The molecule has 2 heterocycles. The number of β-amino-alcohol motifs (C(OH)–C–C–N with tert-alkyl or cyclic N) is 1. The molecule has 0 saturated carbocycles. The molecule has 1 unspecified atom stereocenters. The first kappa shape index (κ1) is 10.1. The maximum atomic E-state index is 11.4. The number of hydrogen-bond donors (Lipinski definition) is 2. The van der Waals surface area contributed by atoms with Crippen LogP contribution in [0.15, 0.2) is 0 Å². The lowest BCUT2D eigenvalue weighted by atomic mass is 10.3. The molecule has 1 aromatic heterocycles. The van der Waals surface area contributed by atoms with Gasteiger partial charge < -0.3 is 10.1 Å². The lowest BCUT2D eigenvalue weighted by molar-refractivity contribution is -0.117. The van der Waals surface area contributed by atoms with Crippen LogP contribution in [0, 0.1) is 22.7 Å². The number of imidazole rings is 1. The molecule has 2 N–H and O–H groups in total. The number of aliphatic hydroxyl groups excluding tert-OH is 1. The average molecular weight is 217 g/mol. The van der Waals surface area contributed by atoms with Crippen molar-refractivity contribution in [2.24, 2.45) is 0 Å². The van der Waals surface area contributed by atoms with Gasteiger partial charge in [-0.05, 0) is 0 Å². The van der Waals surface area contributed by atoms with Gasteiger partial charge in [0.15, 0.2) is 11.4 Å². The molecule has 1 fully saturated rings. The molecule has 1 amide bonds. The molecule has 1 atom stereocenters. The summed E-state index contributed by atoms with van der Waals surface area (Å²) in [4.78, 5) is 19.0. The van der Waals surface area contributed by atoms with Gasteiger partial charge in [0.25, 0.3) is 0 Å². The predicted octanol–water partition coefficient (Wildman–Crippen LogP) is -0.749. The largest absolute Gasteiger partial charge is 0.391 e. The van der Waals surface area contributed by atoms with E-state index in [1.54, 1.807) is 12.1 Å². The molecule has 1 saturated heterocycles. The second-order valence-electron chi connectivity index (χ2n) is 3.37. The predicted molar refractivity (Wildman–Crippen MR) is 51.0 cm³/mol. The van der Waals surface area contributed by atoms with E-state index in [1.807, 2.05) is 0 Å². The summed E-state index contributed by atoms with van der Waals surface area (Å²) in [5, 5.41) is 26.7. The van der Waals surface area contributed by atoms with Crippen molar-refractivity contribution in [2.75, 3.05) is 11.4 Å². The maximum Gasteiger partial charge on any atom is 0.232 e. The van der Waals surface area contributed by atoms with Crippen LogP contribution >= 0.6 is 0 Å². The van der Waals surface area contributed by atoms with Gasteiger partial charge in [-0.15, -0.1) is 0 Å². The Labute approximate surface area is 90.5 Å². The first-order valence-corrected chi connectivity index (χ1v) is 4.54. The summed E-state index contributed by atoms with van der Waals surface area (Å²) in [5.74, 6) is -0.148. The molecule has 1 aliphatic rings. The SMILES string of the molecule is N#Cc1nc(N2CC(O)CC2=O)[nH]c1C#N. The summed E-state index contributed by atoms with van der Waals surface area (Å²) < 4.78 is 0. The molecule has 0 spiro atoms. The van der Waals surface area contributed by atoms with Crippen LogP contribution in [0.3, 0.4) is 0 Å². The third-order valence-corrected chi connectivity index (χ3v) is 2.27. The van der Waals surface area contributed by atoms with E-state index < -0.39 is 6.10 Å². The van der Waals surface area contributed by atoms with E-state index in [-0.39, 0.29) is 36.2 Å². The number of hydrogen-bond acceptors (Lipinski definition) is 5. The van der Waals surface area contributed by atoms with E-state index in [4.69, 9.17) is 10.5 Å². The van der Waals surface area contributed by atoms with E-state index in [0.29, 0.717) is 0 Å². The molecule has 1 aromatic rings. The summed E-state index contributed by atoms with van der Waals surface area (Å²) in [5.41, 5.74) is -0.0293. The van der Waals surface area contributed by atoms with Gasteiger partial charge in [-0.3, -0.25) is 9.69 Å². The molecule has 7 heteroatoms. The number of nitriles is 2. The number of carbonyl (C=O) groups excluding carboxylic acids is 1. The number of aromatic nitrogens is 2. The number of anilines is 1. The average Bonchev–Trinajstić information content (AvgIpc) is 2.81. The number of nitrogens with one attached hydrogen (secondary N) is 1. The zero-order chi connectivity index (χ0) is 11.7. The Hall–Kier alpha value is -2.38. The van der Waals surface area contributed by atoms with Gasteiger partial charge in [0.1, 0.15) is 12.1 Å². The lowest BCUT2D eigenvalue weighted by Gasteiger charge is -2.10. The zero-order valence-corrected chi connectivity index (χ0v) is 8.14. The highest BCUT2D eigenvalue weighted by Crippen LogP contribution is 2.19. The third kappa shape index (κ3) is 1.49. The van der Waals surface area contributed by atoms with Crippen LogP contribution in [0.4, 0.5) is 5.95 Å². The Bertz CT molecular complexity index is 489. The van der Waals surface area contributed by atoms with Gasteiger partial charge in [0.05, 0.1) is 19.1 Å². The lowest BCUT2D eigenvalue weighted by Crippen LogP contribution is -2.26. The number of aliphatic hydroxyl groups is 1. The third-order valence-electron chi connectivity index (χ3n) is 2.27. The van der Waals surface area contributed by atoms with Crippen molar-refractivity contribution in [1.82, 2.24) is 9.97 Å². The number of nitrogens with zero attached hydrogens (tertiary/aromatic N) is 4. The summed E-state index contributed by atoms with van der Waals surface area (Å²) >= 11 is 0. The van der Waals surface area contributed by atoms with Gasteiger partial charge in [-0.1, -0.05) is 0 Å². The van der Waals surface area contributed by atoms with Crippen molar-refractivity contribution < 1.29 is 9.90 Å². The van der Waals surface area contributed by atoms with Crippen molar-refractivity contribution >= 4 is 11.9 Å². The number of amides is 1. The number of H-pyrrole nitrogens is 1. The van der Waals surface area contributed by atoms with Crippen LogP contribution in [-0.2, 0) is 4.79 Å². The van der Waals surface area contributed by atoms with Gasteiger partial charge in [-0.25, -0.2) is 4.98 Å². The van der Waals surface area contributed by atoms with Crippen molar-refractivity contribution in [3.05, 3.63) is 11.4 Å². The normalized spacial score (nSPS) is 19.6. The highest BCUT2D eigenvalue weighted by molar-refractivity contribution is 5.94. The minimum Gasteiger partial charge on any atom is -0.391 e. The Morgan fingerprint density at radius 3 is 2.69 bits per heavy atom. The van der Waals surface area contributed by atoms with Gasteiger partial charge >= 0.3 is 0 Å². The van der Waals surface area contributed by atoms with Crippen LogP contribution in [0.25, 0.3) is 0 Å². The van der Waals surface area contributed by atoms with Crippen molar-refractivity contribution in [1.29, 1.82) is 10.5 Å². The standard InChI is InChI=1S/C9H7N5O2/c10-2-6-7(3-11)13-9(12-6)14-4-5(15)1-8(14)16/h5,15H,1,4H2,(H,12,13). The fourth-order valence-electron chi connectivity index (χ4n) is 1.54. The molecule has 7 nitrogen and oxygen atoms in total. The summed E-state index contributed by atoms with van der Waals surface area (Å²) in [6, 6.07) is 3.53. The molecule has 0 radical (unpaired) electrons. The molecule has 0 aliphatic carbocycles. The van der Waals surface area contributed by atoms with Crippen LogP contribution in [-0.4, -0.2) is 33.6 Å². The van der Waals surface area contributed by atoms with Crippen molar-refractivity contribution in [2.45, 2.75) is 12.5 Å². The fourth-order valence-corrected chi connectivity index (χ4v) is 1.54. The second kappa shape index (κ2) is 3.65. The van der Waals surface area contributed by atoms with E-state index in [2.05, 4.69) is 9.97 Å². The molecule has 0 aromatic carbocycles. The Kier molecular flexibility index (Phi) is 2.31. The van der Waals surface area contributed by atoms with Crippen molar-refractivity contribution in [3.63, 3.8) is 0 Å². The van der Waals surface area contributed by atoms with Crippen LogP contribution < -0.4 is 4.90 Å². The molecule has 2 rings (SSSR count). The van der Waals surface area contributed by atoms with Gasteiger partial charge in [0.2, 0.25) is 11.9 Å². The molecule has 1 aliphatic heterocycles. The topological polar surface area (TPSA) is 117 Å². The monoisotopic (exact) mass is 217 g/mol. The number of aromatic amines is 1. The molecule has 80 valence electrons. The summed E-state index contributed by atoms with van der Waals surface area (Å²) in [7, 11) is 0. The second-order valence-corrected chi connectivity index (χ2v) is 3.37. The molecule has 0 bridgehead atoms. The van der Waals surface area contributed by atoms with E-state index >= 15 is 0 Å². The highest BCUT2D eigenvalue weighted by atomic mass is 16.3. The van der Waals surface area contributed by atoms with Gasteiger partial charge in [-0.2, -0.15) is 10.5 Å². The van der Waals surface area contributed by atoms with E-state index in [0.717, 1.165) is 0 Å². The van der Waals surface area contributed by atoms with E-state index in [1.165, 1.54) is 4.90 Å². The first-order valence-electron chi connectivity index (χ1n) is 4.54. The number of rotatable bonds is 1. The van der Waals surface area contributed by atoms with Crippen LogP contribution in [0.1, 0.15) is 17.8 Å². The highest BCUT2D eigenvalue weighted by Gasteiger charge is 2.31. The summed E-state index contributed by atoms with van der Waals surface area (Å²) in [6.07, 6.45) is -0.696. The Morgan fingerprint density at radius 2 is 2.25 bits per heavy atom. The molecular formula is C9H7N5O2. The zero-order valence-electron chi connectivity index (χ0n) is 8.14. The molecular weight excluding hydrogens is 210 g/mol. The minimum atomic E-state index is -0.728. The van der Waals surface area contributed by atoms with Crippen LogP contribution in [0.2, 0.25) is 0 Å². The van der Waals surface area contributed by atoms with E-state index in [9.17, 15) is 9.90 Å². The Balaban J connectivity index is 2.36. The molecule has 16 heavy (non-hydrogen) atoms. The van der Waals surface area contributed by atoms with Gasteiger partial charge in [0, 0.05) is 0 Å². The quantitative estimate of drug-likeness (QED) is 0.641. The first-order chi connectivity index (χ1) is 7.65. The summed E-state index contributed by atoms with van der Waals surface area (Å²) in [6.45, 7) is 0.127. The van der Waals surface area contributed by atoms with Crippen molar-refractivity contribution in [3.8, 4) is 12.1 Å². The maximum absolute atomic E-state index is 11.4. The fraction of sp³-hybridized carbons (Fsp3) is 0.333. The van der Waals surface area contributed by atoms with Crippen LogP contribution in [0.5, 0.6) is 0 Å². The smallest absolute Gasteiger partial charge is 0.232 e. The Morgan fingerprint density at radius 1 is 1.50 bits per heavy atom.